The van der Waals surface area contributed by atoms with Gasteiger partial charge in [-0.05, 0) is 35.6 Å². The van der Waals surface area contributed by atoms with Crippen LogP contribution >= 0.6 is 0 Å². The van der Waals surface area contributed by atoms with Crippen molar-refractivity contribution in [3.05, 3.63) is 59.7 Å². The van der Waals surface area contributed by atoms with Gasteiger partial charge in [-0.25, -0.2) is 0 Å². The summed E-state index contributed by atoms with van der Waals surface area (Å²) in [6.07, 6.45) is 1.01. The molecule has 17 heavy (non-hydrogen) atoms. The molecule has 2 aromatic carbocycles. The molecule has 2 aromatic rings. The van der Waals surface area contributed by atoms with E-state index in [1.165, 1.54) is 22.3 Å². The van der Waals surface area contributed by atoms with Gasteiger partial charge in [0, 0.05) is 6.61 Å². The van der Waals surface area contributed by atoms with Crippen LogP contribution in [0.5, 0.6) is 0 Å². The number of hydrogen-bond donors (Lipinski definition) is 0. The third-order valence-electron chi connectivity index (χ3n) is 3.00. The highest BCUT2D eigenvalue weighted by molar-refractivity contribution is 5.97. The maximum atomic E-state index is 5.22. The van der Waals surface area contributed by atoms with Crippen LogP contribution in [0.25, 0.3) is 11.1 Å². The average Bonchev–Trinajstić information content (AvgIpc) is 2.38. The summed E-state index contributed by atoms with van der Waals surface area (Å²) in [5.74, 6) is 0. The maximum Gasteiger partial charge on any atom is 0.145 e. The zero-order valence-corrected chi connectivity index (χ0v) is 12.4. The second-order valence-corrected chi connectivity index (χ2v) is 4.83. The topological polar surface area (TPSA) is 9.23 Å². The molecule has 0 amide bonds. The van der Waals surface area contributed by atoms with Crippen molar-refractivity contribution in [3.8, 4) is 11.1 Å². The van der Waals surface area contributed by atoms with Gasteiger partial charge in [0.05, 0.1) is 0 Å². The van der Waals surface area contributed by atoms with E-state index in [1.807, 2.05) is 0 Å². The van der Waals surface area contributed by atoms with Crippen LogP contribution in [0.2, 0.25) is 0 Å². The number of aryl methyl sites for hydroxylation is 1. The Morgan fingerprint density at radius 2 is 1.71 bits per heavy atom. The van der Waals surface area contributed by atoms with Crippen LogP contribution in [0.4, 0.5) is 0 Å². The zero-order valence-electron chi connectivity index (χ0n) is 10.4. The van der Waals surface area contributed by atoms with Crippen LogP contribution in [0.1, 0.15) is 11.1 Å². The molecule has 2 rings (SSSR count). The molecule has 0 N–H and O–H groups in total. The van der Waals surface area contributed by atoms with Gasteiger partial charge in [0.2, 0.25) is 0 Å². The third kappa shape index (κ3) is 3.05. The van der Waals surface area contributed by atoms with Crippen LogP contribution in [-0.4, -0.2) is 17.1 Å². The first-order valence-corrected chi connectivity index (χ1v) is 6.77. The predicted octanol–water partition coefficient (Wildman–Crippen LogP) is 2.50. The van der Waals surface area contributed by atoms with E-state index in [0.717, 1.165) is 23.5 Å². The first kappa shape index (κ1) is 12.1. The van der Waals surface area contributed by atoms with Gasteiger partial charge in [0.15, 0.2) is 0 Å². The summed E-state index contributed by atoms with van der Waals surface area (Å²) in [5, 5.41) is 0. The highest BCUT2D eigenvalue weighted by Gasteiger charge is 2.00. The van der Waals surface area contributed by atoms with Crippen molar-refractivity contribution in [1.82, 2.24) is 0 Å². The number of rotatable bonds is 4. The largest absolute Gasteiger partial charge is 0.428 e. The Bertz CT molecular complexity index is 477. The van der Waals surface area contributed by atoms with Gasteiger partial charge in [-0.2, -0.15) is 0 Å². The fourth-order valence-electron chi connectivity index (χ4n) is 1.97. The summed E-state index contributed by atoms with van der Waals surface area (Å²) < 4.78 is 5.22. The molecule has 0 heterocycles. The van der Waals surface area contributed by atoms with Crippen molar-refractivity contribution >= 4 is 10.5 Å². The molecule has 2 heteroatoms. The molecule has 1 nitrogen and oxygen atoms in total. The second kappa shape index (κ2) is 5.80. The highest BCUT2D eigenvalue weighted by atomic mass is 28.2. The molecule has 0 fully saturated rings. The molecule has 88 valence electrons. The van der Waals surface area contributed by atoms with Crippen LogP contribution in [-0.2, 0) is 10.8 Å². The lowest BCUT2D eigenvalue weighted by molar-refractivity contribution is 0.354. The summed E-state index contributed by atoms with van der Waals surface area (Å²) in [4.78, 5) is 0. The number of benzene rings is 2. The van der Waals surface area contributed by atoms with E-state index in [2.05, 4.69) is 55.5 Å². The SMILES string of the molecule is Cc1ccccc1-c1ccc(CCO[SiH3])cc1. The summed E-state index contributed by atoms with van der Waals surface area (Å²) >= 11 is 0. The summed E-state index contributed by atoms with van der Waals surface area (Å²) in [5.41, 5.74) is 5.28. The Labute approximate surface area is 106 Å². The predicted molar refractivity (Wildman–Crippen MR) is 76.2 cm³/mol. The standard InChI is InChI=1S/C15H18OSi/c1-12-4-2-3-5-15(12)14-8-6-13(7-9-14)10-11-16-17/h2-9H,10-11H2,1,17H3. The van der Waals surface area contributed by atoms with E-state index < -0.39 is 0 Å². The summed E-state index contributed by atoms with van der Waals surface area (Å²) in [7, 11) is 0.827. The van der Waals surface area contributed by atoms with Gasteiger partial charge in [0.1, 0.15) is 10.5 Å². The third-order valence-corrected chi connectivity index (χ3v) is 3.41. The molecule has 0 saturated heterocycles. The Balaban J connectivity index is 2.21. The quantitative estimate of drug-likeness (QED) is 0.749. The number of hydrogen-bond acceptors (Lipinski definition) is 1. The monoisotopic (exact) mass is 242 g/mol. The van der Waals surface area contributed by atoms with Crippen LogP contribution < -0.4 is 0 Å². The van der Waals surface area contributed by atoms with Crippen molar-refractivity contribution in [2.45, 2.75) is 13.3 Å². The molecule has 0 saturated carbocycles. The fraction of sp³-hybridized carbons (Fsp3) is 0.200. The minimum Gasteiger partial charge on any atom is -0.428 e. The van der Waals surface area contributed by atoms with Crippen molar-refractivity contribution in [2.75, 3.05) is 6.61 Å². The molecular weight excluding hydrogens is 224 g/mol. The highest BCUT2D eigenvalue weighted by Crippen LogP contribution is 2.23. The van der Waals surface area contributed by atoms with E-state index in [0.29, 0.717) is 0 Å². The molecule has 0 aliphatic carbocycles. The van der Waals surface area contributed by atoms with Crippen molar-refractivity contribution in [1.29, 1.82) is 0 Å². The summed E-state index contributed by atoms with van der Waals surface area (Å²) in [6.45, 7) is 2.99. The molecule has 0 atom stereocenters. The lowest BCUT2D eigenvalue weighted by Gasteiger charge is -2.07. The second-order valence-electron chi connectivity index (χ2n) is 4.25. The fourth-order valence-corrected chi connectivity index (χ4v) is 2.17. The van der Waals surface area contributed by atoms with Crippen LogP contribution in [0, 0.1) is 6.92 Å². The van der Waals surface area contributed by atoms with Gasteiger partial charge < -0.3 is 4.43 Å². The molecule has 0 aliphatic rings. The van der Waals surface area contributed by atoms with Gasteiger partial charge >= 0.3 is 0 Å². The Morgan fingerprint density at radius 3 is 2.35 bits per heavy atom. The van der Waals surface area contributed by atoms with Crippen molar-refractivity contribution < 1.29 is 4.43 Å². The Kier molecular flexibility index (Phi) is 4.12. The smallest absolute Gasteiger partial charge is 0.145 e. The Morgan fingerprint density at radius 1 is 1.00 bits per heavy atom. The van der Waals surface area contributed by atoms with Crippen molar-refractivity contribution in [3.63, 3.8) is 0 Å². The molecule has 0 radical (unpaired) electrons. The first-order chi connectivity index (χ1) is 8.31. The molecule has 0 aromatic heterocycles. The van der Waals surface area contributed by atoms with E-state index >= 15 is 0 Å². The maximum absolute atomic E-state index is 5.22. The lowest BCUT2D eigenvalue weighted by atomic mass is 9.99. The van der Waals surface area contributed by atoms with E-state index in [-0.39, 0.29) is 0 Å². The Hall–Kier alpha value is -1.38. The van der Waals surface area contributed by atoms with E-state index in [4.69, 9.17) is 4.43 Å². The van der Waals surface area contributed by atoms with Crippen LogP contribution in [0.15, 0.2) is 48.5 Å². The van der Waals surface area contributed by atoms with Gasteiger partial charge in [-0.3, -0.25) is 0 Å². The molecule has 0 unspecified atom stereocenters. The minimum atomic E-state index is 0.827. The summed E-state index contributed by atoms with van der Waals surface area (Å²) in [6, 6.07) is 17.3. The van der Waals surface area contributed by atoms with E-state index in [1.54, 1.807) is 0 Å². The van der Waals surface area contributed by atoms with Crippen molar-refractivity contribution in [2.24, 2.45) is 0 Å². The molecule has 0 bridgehead atoms. The first-order valence-electron chi connectivity index (χ1n) is 5.95. The lowest BCUT2D eigenvalue weighted by Crippen LogP contribution is -1.95. The van der Waals surface area contributed by atoms with Crippen LogP contribution in [0.3, 0.4) is 0 Å². The van der Waals surface area contributed by atoms with Gasteiger partial charge in [-0.1, -0.05) is 48.5 Å². The zero-order chi connectivity index (χ0) is 12.1. The van der Waals surface area contributed by atoms with Gasteiger partial charge in [-0.15, -0.1) is 0 Å². The van der Waals surface area contributed by atoms with E-state index in [9.17, 15) is 0 Å². The van der Waals surface area contributed by atoms with Gasteiger partial charge in [0.25, 0.3) is 0 Å². The molecular formula is C15H18OSi. The molecule has 0 aliphatic heterocycles. The molecule has 0 spiro atoms. The average molecular weight is 242 g/mol. The minimum absolute atomic E-state index is 0.827. The normalized spacial score (nSPS) is 10.6.